The summed E-state index contributed by atoms with van der Waals surface area (Å²) in [6, 6.07) is 12.4. The van der Waals surface area contributed by atoms with Crippen molar-refractivity contribution >= 4 is 55.6 Å². The normalized spacial score (nSPS) is 13.3. The first-order valence-electron chi connectivity index (χ1n) is 10.4. The smallest absolute Gasteiger partial charge is 0.264 e. The highest BCUT2D eigenvalue weighted by Crippen LogP contribution is 2.46. The number of thioether (sulfide) groups is 1. The van der Waals surface area contributed by atoms with Crippen LogP contribution in [0.4, 0.5) is 11.4 Å². The first-order chi connectivity index (χ1) is 14.2. The Balaban J connectivity index is 1.99. The first-order valence-corrected chi connectivity index (χ1v) is 11.2. The van der Waals surface area contributed by atoms with Gasteiger partial charge < -0.3 is 10.6 Å². The molecule has 0 bridgehead atoms. The summed E-state index contributed by atoms with van der Waals surface area (Å²) in [7, 11) is 0. The molecule has 0 aliphatic carbocycles. The van der Waals surface area contributed by atoms with Gasteiger partial charge in [0.15, 0.2) is 0 Å². The second-order valence-electron chi connectivity index (χ2n) is 7.48. The Morgan fingerprint density at radius 3 is 2.38 bits per heavy atom. The monoisotopic (exact) mass is 406 g/mol. The van der Waals surface area contributed by atoms with E-state index in [9.17, 15) is 9.59 Å². The van der Waals surface area contributed by atoms with Gasteiger partial charge in [-0.05, 0) is 47.5 Å². The third-order valence-corrected chi connectivity index (χ3v) is 6.39. The number of Topliss-reactive ketones (excluding diaryl/α,β-unsaturated/α-hetero) is 1. The van der Waals surface area contributed by atoms with Crippen LogP contribution in [0.5, 0.6) is 0 Å². The van der Waals surface area contributed by atoms with Crippen LogP contribution in [0, 0.1) is 0 Å². The van der Waals surface area contributed by atoms with Gasteiger partial charge in [-0.25, -0.2) is 0 Å². The average Bonchev–Trinajstić information content (AvgIpc) is 3.02. The van der Waals surface area contributed by atoms with Crippen LogP contribution in [0.2, 0.25) is 0 Å². The molecule has 5 heteroatoms. The minimum atomic E-state index is -0.390. The molecule has 0 atom stereocenters. The molecule has 4 rings (SSSR count). The van der Waals surface area contributed by atoms with Crippen molar-refractivity contribution in [3.05, 3.63) is 42.0 Å². The number of ketones is 1. The Hall–Kier alpha value is -2.53. The van der Waals surface area contributed by atoms with Crippen LogP contribution in [-0.2, 0) is 4.79 Å². The minimum absolute atomic E-state index is 0.386. The summed E-state index contributed by atoms with van der Waals surface area (Å²) in [6.45, 7) is 5.97. The number of hydrogen-bond acceptors (Lipinski definition) is 5. The van der Waals surface area contributed by atoms with E-state index in [1.807, 2.05) is 12.1 Å². The number of hydrogen-bond donors (Lipinski definition) is 2. The molecule has 2 N–H and O–H groups in total. The zero-order valence-corrected chi connectivity index (χ0v) is 17.7. The lowest BCUT2D eigenvalue weighted by Crippen LogP contribution is -2.08. The number of carbonyl (C=O) groups excluding carboxylic acids is 2. The summed E-state index contributed by atoms with van der Waals surface area (Å²) < 4.78 is 0. The van der Waals surface area contributed by atoms with Crippen molar-refractivity contribution in [2.45, 2.75) is 44.4 Å². The number of nitrogens with one attached hydrogen (secondary N) is 2. The van der Waals surface area contributed by atoms with Gasteiger partial charge in [-0.2, -0.15) is 0 Å². The van der Waals surface area contributed by atoms with E-state index >= 15 is 0 Å². The molecule has 1 aliphatic heterocycles. The minimum Gasteiger partial charge on any atom is -0.384 e. The molecule has 29 heavy (non-hydrogen) atoms. The van der Waals surface area contributed by atoms with Gasteiger partial charge in [0.05, 0.1) is 16.1 Å². The highest BCUT2D eigenvalue weighted by Gasteiger charge is 2.35. The number of fused-ring (bicyclic) bond motifs is 4. The van der Waals surface area contributed by atoms with Crippen molar-refractivity contribution in [1.82, 2.24) is 0 Å². The molecule has 150 valence electrons. The number of rotatable bonds is 8. The molecule has 1 aliphatic rings. The van der Waals surface area contributed by atoms with Crippen LogP contribution < -0.4 is 10.6 Å². The van der Waals surface area contributed by atoms with Crippen LogP contribution in [0.15, 0.2) is 41.3 Å². The standard InChI is InChI=1S/C24H26N2O2S/c1-3-5-11-25-18-14-16-13-15-9-7-8-10-17(15)21(26-12-6-4-2)19(16)20-22(27)24(28)29-23(18)20/h7-10,13-14,25-26H,3-6,11-12H2,1-2H3. The Bertz CT molecular complexity index is 1110. The molecule has 0 radical (unpaired) electrons. The zero-order valence-electron chi connectivity index (χ0n) is 16.9. The number of unbranched alkanes of at least 4 members (excludes halogenated alkanes) is 2. The lowest BCUT2D eigenvalue weighted by Gasteiger charge is -2.18. The predicted octanol–water partition coefficient (Wildman–Crippen LogP) is 6.23. The van der Waals surface area contributed by atoms with E-state index in [2.05, 4.69) is 48.7 Å². The van der Waals surface area contributed by atoms with Gasteiger partial charge in [-0.3, -0.25) is 9.59 Å². The lowest BCUT2D eigenvalue weighted by molar-refractivity contribution is -0.107. The molecule has 4 nitrogen and oxygen atoms in total. The molecule has 0 saturated heterocycles. The molecular formula is C24H26N2O2S. The third kappa shape index (κ3) is 3.60. The first kappa shape index (κ1) is 19.8. The fourth-order valence-electron chi connectivity index (χ4n) is 3.89. The summed E-state index contributed by atoms with van der Waals surface area (Å²) in [5, 5.41) is 10.7. The third-order valence-electron chi connectivity index (χ3n) is 5.39. The summed E-state index contributed by atoms with van der Waals surface area (Å²) in [5.41, 5.74) is 2.41. The maximum absolute atomic E-state index is 12.9. The van der Waals surface area contributed by atoms with E-state index in [1.165, 1.54) is 0 Å². The van der Waals surface area contributed by atoms with Gasteiger partial charge >= 0.3 is 0 Å². The van der Waals surface area contributed by atoms with Crippen molar-refractivity contribution in [2.75, 3.05) is 23.7 Å². The summed E-state index contributed by atoms with van der Waals surface area (Å²) >= 11 is 1.06. The van der Waals surface area contributed by atoms with Crippen molar-refractivity contribution < 1.29 is 9.59 Å². The van der Waals surface area contributed by atoms with Crippen molar-refractivity contribution in [3.63, 3.8) is 0 Å². The van der Waals surface area contributed by atoms with Gasteiger partial charge in [-0.1, -0.05) is 51.0 Å². The van der Waals surface area contributed by atoms with Gasteiger partial charge in [0.2, 0.25) is 5.78 Å². The van der Waals surface area contributed by atoms with E-state index in [4.69, 9.17) is 0 Å². The maximum atomic E-state index is 12.9. The zero-order chi connectivity index (χ0) is 20.4. The lowest BCUT2D eigenvalue weighted by atomic mass is 9.94. The van der Waals surface area contributed by atoms with E-state index < -0.39 is 5.12 Å². The highest BCUT2D eigenvalue weighted by molar-refractivity contribution is 8.16. The SMILES string of the molecule is CCCCNc1cc2cc3ccccc3c(NCCCC)c2c2c1SC(=O)C2=O. The van der Waals surface area contributed by atoms with Gasteiger partial charge in [0, 0.05) is 29.5 Å². The Kier molecular flexibility index (Phi) is 5.76. The summed E-state index contributed by atoms with van der Waals surface area (Å²) in [6.07, 6.45) is 4.27. The Morgan fingerprint density at radius 1 is 0.897 bits per heavy atom. The molecule has 3 aromatic rings. The van der Waals surface area contributed by atoms with Crippen LogP contribution in [0.25, 0.3) is 21.5 Å². The second kappa shape index (κ2) is 8.46. The molecule has 3 aromatic carbocycles. The fourth-order valence-corrected chi connectivity index (χ4v) is 4.81. The van der Waals surface area contributed by atoms with E-state index in [-0.39, 0.29) is 5.78 Å². The number of benzene rings is 3. The fraction of sp³-hybridized carbons (Fsp3) is 0.333. The summed E-state index contributed by atoms with van der Waals surface area (Å²) in [4.78, 5) is 26.0. The molecule has 1 heterocycles. The van der Waals surface area contributed by atoms with Gasteiger partial charge in [0.1, 0.15) is 0 Å². The van der Waals surface area contributed by atoms with E-state index in [0.717, 1.165) is 88.3 Å². The average molecular weight is 407 g/mol. The maximum Gasteiger partial charge on any atom is 0.264 e. The van der Waals surface area contributed by atoms with Gasteiger partial charge in [0.25, 0.3) is 5.12 Å². The topological polar surface area (TPSA) is 58.2 Å². The van der Waals surface area contributed by atoms with Crippen LogP contribution in [0.1, 0.15) is 49.9 Å². The predicted molar refractivity (Wildman–Crippen MR) is 123 cm³/mol. The second-order valence-corrected chi connectivity index (χ2v) is 8.46. The van der Waals surface area contributed by atoms with E-state index in [1.54, 1.807) is 0 Å². The van der Waals surface area contributed by atoms with Crippen molar-refractivity contribution in [2.24, 2.45) is 0 Å². The van der Waals surface area contributed by atoms with E-state index in [0.29, 0.717) is 5.56 Å². The molecule has 0 aromatic heterocycles. The van der Waals surface area contributed by atoms with Gasteiger partial charge in [-0.15, -0.1) is 0 Å². The number of anilines is 2. The molecule has 0 amide bonds. The summed E-state index contributed by atoms with van der Waals surface area (Å²) in [5.74, 6) is -0.386. The Morgan fingerprint density at radius 2 is 1.62 bits per heavy atom. The molecule has 0 unspecified atom stereocenters. The molecule has 0 saturated carbocycles. The quantitative estimate of drug-likeness (QED) is 0.264. The van der Waals surface area contributed by atoms with Crippen molar-refractivity contribution in [1.29, 1.82) is 0 Å². The highest BCUT2D eigenvalue weighted by atomic mass is 32.2. The van der Waals surface area contributed by atoms with Crippen LogP contribution in [-0.4, -0.2) is 24.0 Å². The number of carbonyl (C=O) groups is 2. The largest absolute Gasteiger partial charge is 0.384 e. The molecule has 0 fully saturated rings. The molecular weight excluding hydrogens is 380 g/mol. The van der Waals surface area contributed by atoms with Crippen LogP contribution >= 0.6 is 11.8 Å². The Labute approximate surface area is 175 Å². The van der Waals surface area contributed by atoms with Crippen molar-refractivity contribution in [3.8, 4) is 0 Å². The van der Waals surface area contributed by atoms with Crippen LogP contribution in [0.3, 0.4) is 0 Å². The molecule has 0 spiro atoms.